The fourth-order valence-corrected chi connectivity index (χ4v) is 4.38. The maximum atomic E-state index is 12.6. The van der Waals surface area contributed by atoms with E-state index in [1.54, 1.807) is 4.31 Å². The number of hydrogen-bond donors (Lipinski definition) is 1. The third-order valence-electron chi connectivity index (χ3n) is 3.76. The second-order valence-corrected chi connectivity index (χ2v) is 7.51. The molecule has 0 saturated carbocycles. The topological polar surface area (TPSA) is 58.6 Å². The van der Waals surface area contributed by atoms with Crippen molar-refractivity contribution in [2.45, 2.75) is 18.9 Å². The van der Waals surface area contributed by atoms with E-state index in [0.717, 1.165) is 5.56 Å². The normalized spacial score (nSPS) is 22.1. The molecule has 0 spiro atoms. The molecule has 21 heavy (non-hydrogen) atoms. The summed E-state index contributed by atoms with van der Waals surface area (Å²) in [5.74, 6) is 0.130. The summed E-state index contributed by atoms with van der Waals surface area (Å²) in [7, 11) is -1.41. The highest BCUT2D eigenvalue weighted by Gasteiger charge is 2.30. The van der Waals surface area contributed by atoms with Gasteiger partial charge in [-0.25, -0.2) is 8.42 Å². The summed E-state index contributed by atoms with van der Waals surface area (Å²) in [5.41, 5.74) is 1.06. The first-order valence-electron chi connectivity index (χ1n) is 7.32. The molecule has 2 rings (SSSR count). The van der Waals surface area contributed by atoms with Crippen LogP contribution in [-0.4, -0.2) is 57.9 Å². The van der Waals surface area contributed by atoms with Crippen LogP contribution in [0.15, 0.2) is 30.3 Å². The van der Waals surface area contributed by atoms with Gasteiger partial charge in [0, 0.05) is 19.6 Å². The van der Waals surface area contributed by atoms with Crippen LogP contribution >= 0.6 is 0 Å². The first kappa shape index (κ1) is 16.4. The number of nitrogens with zero attached hydrogens (tertiary/aromatic N) is 1. The minimum absolute atomic E-state index is 0.0122. The molecule has 1 saturated heterocycles. The lowest BCUT2D eigenvalue weighted by Gasteiger charge is -2.32. The number of morpholine rings is 1. The molecule has 1 aliphatic heterocycles. The van der Waals surface area contributed by atoms with Crippen LogP contribution in [0.3, 0.4) is 0 Å². The Bertz CT molecular complexity index is 531. The van der Waals surface area contributed by atoms with Gasteiger partial charge in [0.1, 0.15) is 0 Å². The van der Waals surface area contributed by atoms with Crippen molar-refractivity contribution in [3.05, 3.63) is 35.9 Å². The van der Waals surface area contributed by atoms with E-state index in [-0.39, 0.29) is 17.8 Å². The molecule has 6 heteroatoms. The number of ether oxygens (including phenoxy) is 1. The SMILES string of the molecule is CNCC1CN(S(=O)(=O)CC(C)c2ccccc2)CCO1. The summed E-state index contributed by atoms with van der Waals surface area (Å²) in [6, 6.07) is 9.77. The van der Waals surface area contributed by atoms with E-state index in [2.05, 4.69) is 5.32 Å². The Morgan fingerprint density at radius 3 is 2.76 bits per heavy atom. The molecular formula is C15H24N2O3S. The van der Waals surface area contributed by atoms with Crippen molar-refractivity contribution in [1.29, 1.82) is 0 Å². The fraction of sp³-hybridized carbons (Fsp3) is 0.600. The summed E-state index contributed by atoms with van der Waals surface area (Å²) >= 11 is 0. The molecule has 5 nitrogen and oxygen atoms in total. The number of benzene rings is 1. The summed E-state index contributed by atoms with van der Waals surface area (Å²) in [6.07, 6.45) is -0.0643. The quantitative estimate of drug-likeness (QED) is 0.853. The van der Waals surface area contributed by atoms with E-state index in [4.69, 9.17) is 4.74 Å². The van der Waals surface area contributed by atoms with Gasteiger partial charge in [0.05, 0.1) is 18.5 Å². The van der Waals surface area contributed by atoms with Crippen LogP contribution in [0, 0.1) is 0 Å². The summed E-state index contributed by atoms with van der Waals surface area (Å²) in [4.78, 5) is 0. The zero-order valence-electron chi connectivity index (χ0n) is 12.7. The van der Waals surface area contributed by atoms with Gasteiger partial charge in [0.2, 0.25) is 10.0 Å². The van der Waals surface area contributed by atoms with Crippen molar-refractivity contribution in [2.24, 2.45) is 0 Å². The zero-order valence-corrected chi connectivity index (χ0v) is 13.5. The van der Waals surface area contributed by atoms with Crippen molar-refractivity contribution in [3.8, 4) is 0 Å². The van der Waals surface area contributed by atoms with Gasteiger partial charge in [0.15, 0.2) is 0 Å². The van der Waals surface area contributed by atoms with Gasteiger partial charge in [0.25, 0.3) is 0 Å². The van der Waals surface area contributed by atoms with Crippen molar-refractivity contribution in [1.82, 2.24) is 9.62 Å². The van der Waals surface area contributed by atoms with Gasteiger partial charge < -0.3 is 10.1 Å². The van der Waals surface area contributed by atoms with Gasteiger partial charge in [-0.1, -0.05) is 37.3 Å². The molecule has 0 aliphatic carbocycles. The van der Waals surface area contributed by atoms with E-state index in [0.29, 0.717) is 26.2 Å². The van der Waals surface area contributed by atoms with E-state index < -0.39 is 10.0 Å². The minimum atomic E-state index is -3.26. The van der Waals surface area contributed by atoms with Crippen LogP contribution in [0.1, 0.15) is 18.4 Å². The molecule has 2 atom stereocenters. The number of rotatable bonds is 6. The lowest BCUT2D eigenvalue weighted by molar-refractivity contribution is 0.000806. The molecular weight excluding hydrogens is 288 g/mol. The molecule has 1 heterocycles. The van der Waals surface area contributed by atoms with E-state index in [9.17, 15) is 8.42 Å². The minimum Gasteiger partial charge on any atom is -0.374 e. The van der Waals surface area contributed by atoms with Crippen molar-refractivity contribution in [3.63, 3.8) is 0 Å². The van der Waals surface area contributed by atoms with Crippen LogP contribution in [0.2, 0.25) is 0 Å². The first-order valence-corrected chi connectivity index (χ1v) is 8.93. The Labute approximate surface area is 127 Å². The molecule has 1 aliphatic rings. The highest BCUT2D eigenvalue weighted by atomic mass is 32.2. The molecule has 2 unspecified atom stereocenters. The first-order chi connectivity index (χ1) is 10.0. The third kappa shape index (κ3) is 4.51. The highest BCUT2D eigenvalue weighted by Crippen LogP contribution is 2.20. The van der Waals surface area contributed by atoms with Gasteiger partial charge in [-0.2, -0.15) is 4.31 Å². The van der Waals surface area contributed by atoms with Crippen molar-refractivity contribution >= 4 is 10.0 Å². The molecule has 118 valence electrons. The van der Waals surface area contributed by atoms with Gasteiger partial charge in [-0.15, -0.1) is 0 Å². The molecule has 0 aromatic heterocycles. The molecule has 0 bridgehead atoms. The molecule has 0 amide bonds. The Kier molecular flexibility index (Phi) is 5.75. The number of hydrogen-bond acceptors (Lipinski definition) is 4. The van der Waals surface area contributed by atoms with Crippen LogP contribution in [-0.2, 0) is 14.8 Å². The monoisotopic (exact) mass is 312 g/mol. The summed E-state index contributed by atoms with van der Waals surface area (Å²) in [5, 5.41) is 3.03. The standard InChI is InChI=1S/C15H24N2O3S/c1-13(14-6-4-3-5-7-14)12-21(18,19)17-8-9-20-15(11-17)10-16-2/h3-7,13,15-16H,8-12H2,1-2H3. The Hall–Kier alpha value is -0.950. The predicted molar refractivity (Wildman–Crippen MR) is 83.9 cm³/mol. The second-order valence-electron chi connectivity index (χ2n) is 5.50. The predicted octanol–water partition coefficient (Wildman–Crippen LogP) is 1.04. The number of sulfonamides is 1. The van der Waals surface area contributed by atoms with Crippen LogP contribution < -0.4 is 5.32 Å². The maximum absolute atomic E-state index is 12.6. The van der Waals surface area contributed by atoms with E-state index >= 15 is 0 Å². The Balaban J connectivity index is 2.01. The van der Waals surface area contributed by atoms with E-state index in [1.165, 1.54) is 0 Å². The number of likely N-dealkylation sites (N-methyl/N-ethyl adjacent to an activating group) is 1. The lowest BCUT2D eigenvalue weighted by Crippen LogP contribution is -2.49. The summed E-state index contributed by atoms with van der Waals surface area (Å²) < 4.78 is 32.3. The van der Waals surface area contributed by atoms with Crippen LogP contribution in [0.5, 0.6) is 0 Å². The Morgan fingerprint density at radius 1 is 1.38 bits per heavy atom. The average Bonchev–Trinajstić information content (AvgIpc) is 2.48. The third-order valence-corrected chi connectivity index (χ3v) is 5.80. The van der Waals surface area contributed by atoms with Crippen molar-refractivity contribution < 1.29 is 13.2 Å². The molecule has 1 fully saturated rings. The number of nitrogens with one attached hydrogen (secondary N) is 1. The second kappa shape index (κ2) is 7.35. The zero-order chi connectivity index (χ0) is 15.3. The van der Waals surface area contributed by atoms with Gasteiger partial charge in [-0.3, -0.25) is 0 Å². The largest absolute Gasteiger partial charge is 0.374 e. The molecule has 1 N–H and O–H groups in total. The lowest BCUT2D eigenvalue weighted by atomic mass is 10.0. The Morgan fingerprint density at radius 2 is 2.10 bits per heavy atom. The fourth-order valence-electron chi connectivity index (χ4n) is 2.60. The van der Waals surface area contributed by atoms with Gasteiger partial charge in [-0.05, 0) is 18.5 Å². The van der Waals surface area contributed by atoms with Crippen LogP contribution in [0.25, 0.3) is 0 Å². The van der Waals surface area contributed by atoms with Crippen molar-refractivity contribution in [2.75, 3.05) is 39.0 Å². The van der Waals surface area contributed by atoms with Crippen LogP contribution in [0.4, 0.5) is 0 Å². The van der Waals surface area contributed by atoms with E-state index in [1.807, 2.05) is 44.3 Å². The van der Waals surface area contributed by atoms with Gasteiger partial charge >= 0.3 is 0 Å². The highest BCUT2D eigenvalue weighted by molar-refractivity contribution is 7.89. The smallest absolute Gasteiger partial charge is 0.214 e. The summed E-state index contributed by atoms with van der Waals surface area (Å²) in [6.45, 7) is 3.97. The molecule has 0 radical (unpaired) electrons. The molecule has 1 aromatic rings. The maximum Gasteiger partial charge on any atom is 0.214 e. The molecule has 1 aromatic carbocycles. The average molecular weight is 312 g/mol.